The second-order valence-electron chi connectivity index (χ2n) is 8.22. The maximum absolute atomic E-state index is 12.2. The molecular weight excluding hydrogens is 395 g/mol. The van der Waals surface area contributed by atoms with Crippen LogP contribution in [-0.4, -0.2) is 5.12 Å². The molecule has 1 aliphatic rings. The molecule has 27 heavy (non-hydrogen) atoms. The van der Waals surface area contributed by atoms with Crippen molar-refractivity contribution in [3.63, 3.8) is 0 Å². The lowest BCUT2D eigenvalue weighted by Crippen LogP contribution is -2.01. The zero-order valence-electron chi connectivity index (χ0n) is 16.3. The number of hydrogen-bond donors (Lipinski definition) is 0. The van der Waals surface area contributed by atoms with Crippen LogP contribution >= 0.6 is 35.0 Å². The zero-order valence-corrected chi connectivity index (χ0v) is 18.6. The molecule has 2 aromatic rings. The highest BCUT2D eigenvalue weighted by Crippen LogP contribution is 2.73. The monoisotopic (exact) mass is 418 g/mol. The first-order valence-corrected chi connectivity index (χ1v) is 10.6. The van der Waals surface area contributed by atoms with Gasteiger partial charge >= 0.3 is 0 Å². The molecule has 0 atom stereocenters. The molecule has 1 fully saturated rings. The van der Waals surface area contributed by atoms with Crippen LogP contribution in [0.1, 0.15) is 45.7 Å². The lowest BCUT2D eigenvalue weighted by atomic mass is 9.94. The van der Waals surface area contributed by atoms with Crippen molar-refractivity contribution in [1.29, 1.82) is 0 Å². The summed E-state index contributed by atoms with van der Waals surface area (Å²) < 4.78 is 0. The lowest BCUT2D eigenvalue weighted by molar-refractivity contribution is -0.109. The van der Waals surface area contributed by atoms with E-state index in [0.29, 0.717) is 16.0 Å². The van der Waals surface area contributed by atoms with Crippen LogP contribution in [-0.2, 0) is 4.79 Å². The van der Waals surface area contributed by atoms with E-state index in [-0.39, 0.29) is 15.9 Å². The quantitative estimate of drug-likeness (QED) is 0.505. The molecule has 0 unspecified atom stereocenters. The summed E-state index contributed by atoms with van der Waals surface area (Å²) in [6.45, 7) is 10.7. The van der Waals surface area contributed by atoms with Crippen LogP contribution in [0, 0.1) is 16.7 Å². The molecule has 0 amide bonds. The van der Waals surface area contributed by atoms with E-state index < -0.39 is 0 Å². The molecule has 3 rings (SSSR count). The van der Waals surface area contributed by atoms with E-state index in [0.717, 1.165) is 21.6 Å². The minimum atomic E-state index is 0.101. The fourth-order valence-electron chi connectivity index (χ4n) is 3.95. The molecule has 0 aliphatic heterocycles. The third-order valence-corrected chi connectivity index (χ3v) is 7.50. The average Bonchev–Trinajstić information content (AvgIpc) is 2.99. The van der Waals surface area contributed by atoms with Crippen molar-refractivity contribution in [3.05, 3.63) is 74.6 Å². The highest BCUT2D eigenvalue weighted by atomic mass is 35.5. The molecule has 1 aliphatic carbocycles. The van der Waals surface area contributed by atoms with Gasteiger partial charge in [-0.2, -0.15) is 0 Å². The highest BCUT2D eigenvalue weighted by molar-refractivity contribution is 8.17. The maximum Gasteiger partial charge on any atom is 0.190 e. The van der Waals surface area contributed by atoms with Crippen molar-refractivity contribution in [2.24, 2.45) is 16.7 Å². The molecule has 0 radical (unpaired) electrons. The summed E-state index contributed by atoms with van der Waals surface area (Å²) in [6, 6.07) is 15.7. The van der Waals surface area contributed by atoms with E-state index >= 15 is 0 Å². The maximum atomic E-state index is 12.2. The van der Waals surface area contributed by atoms with Gasteiger partial charge in [-0.1, -0.05) is 86.9 Å². The molecule has 0 spiro atoms. The molecule has 1 saturated carbocycles. The number of thioether (sulfide) groups is 1. The Morgan fingerprint density at radius 3 is 1.48 bits per heavy atom. The normalized spacial score (nSPS) is 17.4. The Labute approximate surface area is 176 Å². The van der Waals surface area contributed by atoms with E-state index in [9.17, 15) is 4.79 Å². The summed E-state index contributed by atoms with van der Waals surface area (Å²) in [5, 5.41) is 1.49. The Hall–Kier alpha value is -1.22. The van der Waals surface area contributed by atoms with E-state index in [2.05, 4.69) is 27.7 Å². The van der Waals surface area contributed by atoms with E-state index in [4.69, 9.17) is 23.2 Å². The fourth-order valence-corrected chi connectivity index (χ4v) is 5.55. The predicted octanol–water partition coefficient (Wildman–Crippen LogP) is 7.71. The first-order valence-electron chi connectivity index (χ1n) is 9.00. The first-order chi connectivity index (χ1) is 12.6. The summed E-state index contributed by atoms with van der Waals surface area (Å²) in [5.74, 6) is 0.306. The van der Waals surface area contributed by atoms with Crippen molar-refractivity contribution in [2.45, 2.75) is 34.6 Å². The Morgan fingerprint density at radius 1 is 0.815 bits per heavy atom. The van der Waals surface area contributed by atoms with Crippen molar-refractivity contribution in [1.82, 2.24) is 0 Å². The number of carbonyl (C=O) groups excluding carboxylic acids is 1. The molecule has 0 aromatic heterocycles. The standard InChI is InChI=1S/C23H24Cl2OS/c1-14(26)27-20(21-22(2,3)23(21,4)5)19(15-6-10-17(24)11-7-15)16-8-12-18(25)13-9-16/h6-13,21H,1-5H3. The summed E-state index contributed by atoms with van der Waals surface area (Å²) in [7, 11) is 0. The van der Waals surface area contributed by atoms with Gasteiger partial charge in [-0.05, 0) is 51.8 Å². The van der Waals surface area contributed by atoms with Crippen LogP contribution < -0.4 is 0 Å². The second-order valence-corrected chi connectivity index (χ2v) is 10.3. The average molecular weight is 419 g/mol. The molecule has 0 N–H and O–H groups in total. The van der Waals surface area contributed by atoms with Crippen molar-refractivity contribution < 1.29 is 4.79 Å². The number of benzene rings is 2. The van der Waals surface area contributed by atoms with Crippen LogP contribution in [0.2, 0.25) is 10.0 Å². The topological polar surface area (TPSA) is 17.1 Å². The van der Waals surface area contributed by atoms with E-state index in [1.54, 1.807) is 6.92 Å². The number of hydrogen-bond acceptors (Lipinski definition) is 2. The van der Waals surface area contributed by atoms with Gasteiger partial charge in [0.15, 0.2) is 5.12 Å². The van der Waals surface area contributed by atoms with Gasteiger partial charge in [-0.15, -0.1) is 0 Å². The van der Waals surface area contributed by atoms with E-state index in [1.165, 1.54) is 11.8 Å². The first kappa shape index (κ1) is 20.5. The predicted molar refractivity (Wildman–Crippen MR) is 118 cm³/mol. The highest BCUT2D eigenvalue weighted by Gasteiger charge is 2.66. The van der Waals surface area contributed by atoms with Gasteiger partial charge < -0.3 is 0 Å². The van der Waals surface area contributed by atoms with Crippen LogP contribution in [0.5, 0.6) is 0 Å². The second kappa shape index (κ2) is 7.31. The molecular formula is C23H24Cl2OS. The fraction of sp³-hybridized carbons (Fsp3) is 0.348. The summed E-state index contributed by atoms with van der Waals surface area (Å²) in [5.41, 5.74) is 3.45. The molecule has 4 heteroatoms. The summed E-state index contributed by atoms with van der Waals surface area (Å²) >= 11 is 13.6. The third kappa shape index (κ3) is 3.85. The van der Waals surface area contributed by atoms with Crippen molar-refractivity contribution in [2.75, 3.05) is 0 Å². The largest absolute Gasteiger partial charge is 0.287 e. The summed E-state index contributed by atoms with van der Waals surface area (Å²) in [6.07, 6.45) is 0. The minimum Gasteiger partial charge on any atom is -0.287 e. The van der Waals surface area contributed by atoms with Crippen LogP contribution in [0.4, 0.5) is 0 Å². The van der Waals surface area contributed by atoms with Gasteiger partial charge in [0.2, 0.25) is 0 Å². The SMILES string of the molecule is CC(=O)SC(=C(c1ccc(Cl)cc1)c1ccc(Cl)cc1)C1C(C)(C)C1(C)C. The van der Waals surface area contributed by atoms with Crippen LogP contribution in [0.3, 0.4) is 0 Å². The molecule has 1 nitrogen and oxygen atoms in total. The molecule has 0 saturated heterocycles. The van der Waals surface area contributed by atoms with Gasteiger partial charge in [-0.3, -0.25) is 4.79 Å². The Morgan fingerprint density at radius 2 is 1.19 bits per heavy atom. The molecule has 0 bridgehead atoms. The zero-order chi connectivity index (χ0) is 20.0. The number of rotatable bonds is 4. The van der Waals surface area contributed by atoms with Gasteiger partial charge in [0.1, 0.15) is 0 Å². The molecule has 142 valence electrons. The van der Waals surface area contributed by atoms with Crippen molar-refractivity contribution >= 4 is 45.7 Å². The van der Waals surface area contributed by atoms with E-state index in [1.807, 2.05) is 48.5 Å². The summed E-state index contributed by atoms with van der Waals surface area (Å²) in [4.78, 5) is 13.3. The number of halogens is 2. The minimum absolute atomic E-state index is 0.101. The third-order valence-electron chi connectivity index (χ3n) is 6.05. The Kier molecular flexibility index (Phi) is 5.55. The van der Waals surface area contributed by atoms with Gasteiger partial charge in [-0.25, -0.2) is 0 Å². The number of carbonyl (C=O) groups is 1. The van der Waals surface area contributed by atoms with Gasteiger partial charge in [0.25, 0.3) is 0 Å². The van der Waals surface area contributed by atoms with Gasteiger partial charge in [0.05, 0.1) is 0 Å². The molecule has 0 heterocycles. The Balaban J connectivity index is 2.28. The van der Waals surface area contributed by atoms with Crippen LogP contribution in [0.25, 0.3) is 5.57 Å². The van der Waals surface area contributed by atoms with Crippen LogP contribution in [0.15, 0.2) is 53.4 Å². The van der Waals surface area contributed by atoms with Gasteiger partial charge in [0, 0.05) is 27.8 Å². The number of allylic oxidation sites excluding steroid dienone is 1. The molecule has 2 aromatic carbocycles. The lowest BCUT2D eigenvalue weighted by Gasteiger charge is -2.17. The Bertz CT molecular complexity index is 831. The van der Waals surface area contributed by atoms with Crippen molar-refractivity contribution in [3.8, 4) is 0 Å². The smallest absolute Gasteiger partial charge is 0.190 e.